The van der Waals surface area contributed by atoms with Gasteiger partial charge in [-0.1, -0.05) is 17.7 Å². The number of nitrogens with zero attached hydrogens (tertiary/aromatic N) is 1. The van der Waals surface area contributed by atoms with Gasteiger partial charge in [0.25, 0.3) is 5.91 Å². The molecule has 1 heterocycles. The van der Waals surface area contributed by atoms with Crippen molar-refractivity contribution in [3.8, 4) is 5.75 Å². The first-order valence-corrected chi connectivity index (χ1v) is 5.43. The second-order valence-electron chi connectivity index (χ2n) is 3.63. The van der Waals surface area contributed by atoms with Crippen molar-refractivity contribution < 1.29 is 14.3 Å². The van der Waals surface area contributed by atoms with Crippen LogP contribution >= 0.6 is 11.6 Å². The van der Waals surface area contributed by atoms with Crippen LogP contribution in [-0.2, 0) is 4.79 Å². The number of hydrogen-bond donors (Lipinski definition) is 1. The molecule has 0 fully saturated rings. The van der Waals surface area contributed by atoms with Crippen LogP contribution in [0.4, 0.5) is 0 Å². The average Bonchev–Trinajstić information content (AvgIpc) is 2.27. The Bertz CT molecular complexity index is 655. The highest BCUT2D eigenvalue weighted by Gasteiger charge is 2.15. The Hall–Kier alpha value is -2.14. The van der Waals surface area contributed by atoms with E-state index in [1.165, 1.54) is 13.0 Å². The molecule has 0 saturated heterocycles. The molecular weight excluding hydrogens is 256 g/mol. The van der Waals surface area contributed by atoms with E-state index in [1.54, 1.807) is 18.2 Å². The van der Waals surface area contributed by atoms with Crippen LogP contribution in [-0.4, -0.2) is 16.9 Å². The fourth-order valence-corrected chi connectivity index (χ4v) is 1.70. The van der Waals surface area contributed by atoms with Crippen molar-refractivity contribution in [2.75, 3.05) is 0 Å². The Morgan fingerprint density at radius 2 is 2.06 bits per heavy atom. The molecular formula is C12H9ClN2O3. The fraction of sp³-hybridized carbons (Fsp3) is 0.0833. The molecule has 0 radical (unpaired) electrons. The monoisotopic (exact) mass is 264 g/mol. The van der Waals surface area contributed by atoms with Crippen LogP contribution in [0.25, 0.3) is 10.9 Å². The normalized spacial score (nSPS) is 10.3. The third-order valence-corrected chi connectivity index (χ3v) is 2.47. The van der Waals surface area contributed by atoms with Gasteiger partial charge in [-0.2, -0.15) is 0 Å². The number of carbonyl (C=O) groups excluding carboxylic acids is 2. The van der Waals surface area contributed by atoms with Crippen molar-refractivity contribution in [3.05, 3.63) is 35.0 Å². The number of esters is 1. The minimum Gasteiger partial charge on any atom is -0.424 e. The van der Waals surface area contributed by atoms with Crippen molar-refractivity contribution in [1.82, 2.24) is 4.98 Å². The molecule has 2 rings (SSSR count). The molecule has 0 spiro atoms. The number of pyridine rings is 1. The zero-order valence-corrected chi connectivity index (χ0v) is 10.2. The van der Waals surface area contributed by atoms with Gasteiger partial charge in [0.1, 0.15) is 0 Å². The lowest BCUT2D eigenvalue weighted by atomic mass is 10.2. The number of hydrogen-bond acceptors (Lipinski definition) is 4. The van der Waals surface area contributed by atoms with E-state index in [9.17, 15) is 9.59 Å². The number of carbonyl (C=O) groups is 2. The zero-order valence-electron chi connectivity index (χ0n) is 9.44. The molecule has 0 bridgehead atoms. The van der Waals surface area contributed by atoms with E-state index >= 15 is 0 Å². The maximum Gasteiger partial charge on any atom is 0.308 e. The van der Waals surface area contributed by atoms with E-state index in [1.807, 2.05) is 0 Å². The minimum absolute atomic E-state index is 0.0461. The number of primary amides is 1. The van der Waals surface area contributed by atoms with Crippen molar-refractivity contribution >= 4 is 34.4 Å². The molecule has 0 unspecified atom stereocenters. The van der Waals surface area contributed by atoms with Gasteiger partial charge in [0.15, 0.2) is 11.4 Å². The molecule has 1 aromatic carbocycles. The number of aromatic nitrogens is 1. The number of nitrogens with two attached hydrogens (primary N) is 1. The molecule has 0 aliphatic heterocycles. The number of ether oxygens (including phenoxy) is 1. The third kappa shape index (κ3) is 2.41. The molecule has 92 valence electrons. The van der Waals surface area contributed by atoms with Crippen molar-refractivity contribution in [1.29, 1.82) is 0 Å². The highest BCUT2D eigenvalue weighted by Crippen LogP contribution is 2.25. The number of amides is 1. The van der Waals surface area contributed by atoms with Crippen molar-refractivity contribution in [2.24, 2.45) is 5.73 Å². The van der Waals surface area contributed by atoms with Gasteiger partial charge in [-0.3, -0.25) is 9.59 Å². The Balaban J connectivity index is 2.68. The predicted octanol–water partition coefficient (Wildman–Crippen LogP) is 1.91. The second-order valence-corrected chi connectivity index (χ2v) is 4.07. The summed E-state index contributed by atoms with van der Waals surface area (Å²) in [4.78, 5) is 26.3. The molecule has 1 amide bonds. The molecule has 6 heteroatoms. The summed E-state index contributed by atoms with van der Waals surface area (Å²) in [6, 6.07) is 6.51. The van der Waals surface area contributed by atoms with E-state index in [0.717, 1.165) is 0 Å². The first kappa shape index (κ1) is 12.3. The lowest BCUT2D eigenvalue weighted by Crippen LogP contribution is -2.16. The van der Waals surface area contributed by atoms with Gasteiger partial charge < -0.3 is 10.5 Å². The van der Waals surface area contributed by atoms with Gasteiger partial charge in [0.05, 0.1) is 5.52 Å². The highest BCUT2D eigenvalue weighted by molar-refractivity contribution is 6.31. The van der Waals surface area contributed by atoms with Crippen LogP contribution in [0.15, 0.2) is 24.3 Å². The Morgan fingerprint density at radius 3 is 2.67 bits per heavy atom. The Labute approximate surface area is 108 Å². The lowest BCUT2D eigenvalue weighted by Gasteiger charge is -2.07. The van der Waals surface area contributed by atoms with E-state index < -0.39 is 11.9 Å². The Kier molecular flexibility index (Phi) is 3.16. The molecule has 5 nitrogen and oxygen atoms in total. The van der Waals surface area contributed by atoms with Crippen LogP contribution < -0.4 is 10.5 Å². The largest absolute Gasteiger partial charge is 0.424 e. The van der Waals surface area contributed by atoms with Crippen LogP contribution in [0.2, 0.25) is 5.02 Å². The van der Waals surface area contributed by atoms with Gasteiger partial charge in [-0.05, 0) is 18.2 Å². The Morgan fingerprint density at radius 1 is 1.33 bits per heavy atom. The first-order valence-electron chi connectivity index (χ1n) is 5.06. The van der Waals surface area contributed by atoms with Crippen LogP contribution in [0.5, 0.6) is 5.75 Å². The van der Waals surface area contributed by atoms with Gasteiger partial charge in [0, 0.05) is 17.3 Å². The summed E-state index contributed by atoms with van der Waals surface area (Å²) >= 11 is 5.83. The third-order valence-electron chi connectivity index (χ3n) is 2.23. The first-order chi connectivity index (χ1) is 8.47. The molecule has 18 heavy (non-hydrogen) atoms. The standard InChI is InChI=1S/C12H9ClN2O3/c1-6(16)18-10-4-7-2-3-8(13)5-9(7)15-11(10)12(14)17/h2-5H,1H3,(H2,14,17). The molecule has 2 aromatic rings. The summed E-state index contributed by atoms with van der Waals surface area (Å²) in [6.07, 6.45) is 0. The zero-order chi connectivity index (χ0) is 13.3. The van der Waals surface area contributed by atoms with Crippen molar-refractivity contribution in [3.63, 3.8) is 0 Å². The van der Waals surface area contributed by atoms with E-state index in [0.29, 0.717) is 15.9 Å². The topological polar surface area (TPSA) is 82.3 Å². The SMILES string of the molecule is CC(=O)Oc1cc2ccc(Cl)cc2nc1C(N)=O. The number of halogens is 1. The number of rotatable bonds is 2. The van der Waals surface area contributed by atoms with Gasteiger partial charge in [0.2, 0.25) is 0 Å². The predicted molar refractivity (Wildman–Crippen MR) is 66.6 cm³/mol. The lowest BCUT2D eigenvalue weighted by molar-refractivity contribution is -0.131. The highest BCUT2D eigenvalue weighted by atomic mass is 35.5. The summed E-state index contributed by atoms with van der Waals surface area (Å²) < 4.78 is 4.91. The summed E-state index contributed by atoms with van der Waals surface area (Å²) in [6.45, 7) is 1.23. The van der Waals surface area contributed by atoms with Gasteiger partial charge in [-0.15, -0.1) is 0 Å². The second kappa shape index (κ2) is 4.62. The molecule has 0 saturated carbocycles. The van der Waals surface area contributed by atoms with E-state index in [4.69, 9.17) is 22.1 Å². The maximum atomic E-state index is 11.3. The molecule has 0 atom stereocenters. The molecule has 0 aliphatic carbocycles. The molecule has 2 N–H and O–H groups in total. The molecule has 0 aliphatic rings. The van der Waals surface area contributed by atoms with Crippen molar-refractivity contribution in [2.45, 2.75) is 6.92 Å². The van der Waals surface area contributed by atoms with E-state index in [-0.39, 0.29) is 11.4 Å². The minimum atomic E-state index is -0.770. The van der Waals surface area contributed by atoms with Gasteiger partial charge in [-0.25, -0.2) is 4.98 Å². The van der Waals surface area contributed by atoms with Crippen LogP contribution in [0.1, 0.15) is 17.4 Å². The summed E-state index contributed by atoms with van der Waals surface area (Å²) in [5.74, 6) is -1.27. The average molecular weight is 265 g/mol. The van der Waals surface area contributed by atoms with Gasteiger partial charge >= 0.3 is 5.97 Å². The van der Waals surface area contributed by atoms with Crippen LogP contribution in [0.3, 0.4) is 0 Å². The quantitative estimate of drug-likeness (QED) is 0.840. The fourth-order valence-electron chi connectivity index (χ4n) is 1.53. The summed E-state index contributed by atoms with van der Waals surface area (Å²) in [5.41, 5.74) is 5.60. The molecule has 1 aromatic heterocycles. The summed E-state index contributed by atoms with van der Waals surface area (Å²) in [7, 11) is 0. The number of benzene rings is 1. The number of fused-ring (bicyclic) bond motifs is 1. The maximum absolute atomic E-state index is 11.3. The van der Waals surface area contributed by atoms with Crippen LogP contribution in [0, 0.1) is 0 Å². The smallest absolute Gasteiger partial charge is 0.308 e. The van der Waals surface area contributed by atoms with E-state index in [2.05, 4.69) is 4.98 Å². The summed E-state index contributed by atoms with van der Waals surface area (Å²) in [5, 5.41) is 1.19.